The van der Waals surface area contributed by atoms with Gasteiger partial charge in [0.1, 0.15) is 0 Å². The molecule has 0 radical (unpaired) electrons. The summed E-state index contributed by atoms with van der Waals surface area (Å²) in [4.78, 5) is 2.62. The molecular formula is C14H26N2. The van der Waals surface area contributed by atoms with Gasteiger partial charge in [-0.15, -0.1) is 0 Å². The number of hydrogen-bond donors (Lipinski definition) is 0. The molecule has 0 atom stereocenters. The second-order valence-electron chi connectivity index (χ2n) is 5.44. The lowest BCUT2D eigenvalue weighted by Crippen LogP contribution is -2.44. The summed E-state index contributed by atoms with van der Waals surface area (Å²) in [5.74, 6) is 0. The van der Waals surface area contributed by atoms with Gasteiger partial charge in [-0.1, -0.05) is 26.7 Å². The average molecular weight is 222 g/mol. The summed E-state index contributed by atoms with van der Waals surface area (Å²) in [5, 5.41) is 9.11. The molecule has 0 aliphatic carbocycles. The Morgan fingerprint density at radius 3 is 2.06 bits per heavy atom. The van der Waals surface area contributed by atoms with E-state index < -0.39 is 0 Å². The third-order valence-corrected chi connectivity index (χ3v) is 3.93. The summed E-state index contributed by atoms with van der Waals surface area (Å²) >= 11 is 0. The van der Waals surface area contributed by atoms with Crippen LogP contribution in [-0.2, 0) is 0 Å². The molecule has 1 fully saturated rings. The van der Waals surface area contributed by atoms with Gasteiger partial charge in [-0.05, 0) is 45.7 Å². The first-order valence-corrected chi connectivity index (χ1v) is 6.80. The van der Waals surface area contributed by atoms with E-state index in [1.54, 1.807) is 0 Å². The quantitative estimate of drug-likeness (QED) is 0.711. The minimum absolute atomic E-state index is 0.0561. The average Bonchev–Trinajstić information content (AvgIpc) is 2.30. The molecule has 16 heavy (non-hydrogen) atoms. The van der Waals surface area contributed by atoms with Crippen LogP contribution in [0.25, 0.3) is 0 Å². The molecule has 2 heteroatoms. The van der Waals surface area contributed by atoms with Crippen LogP contribution >= 0.6 is 0 Å². The maximum absolute atomic E-state index is 9.11. The molecule has 0 aromatic rings. The van der Waals surface area contributed by atoms with E-state index in [0.717, 1.165) is 32.0 Å². The number of piperidine rings is 1. The van der Waals surface area contributed by atoms with Crippen molar-refractivity contribution in [3.8, 4) is 6.07 Å². The fourth-order valence-electron chi connectivity index (χ4n) is 2.67. The standard InChI is InChI=1S/C14H26N2/c1-4-6-13(7-5-2)16-10-8-14(3,12-15)9-11-16/h13H,4-11H2,1-3H3. The molecule has 1 saturated heterocycles. The first-order chi connectivity index (χ1) is 7.65. The van der Waals surface area contributed by atoms with Crippen LogP contribution in [0, 0.1) is 16.7 Å². The van der Waals surface area contributed by atoms with Gasteiger partial charge in [-0.3, -0.25) is 0 Å². The van der Waals surface area contributed by atoms with Crippen molar-refractivity contribution >= 4 is 0 Å². The summed E-state index contributed by atoms with van der Waals surface area (Å²) in [6.45, 7) is 8.89. The van der Waals surface area contributed by atoms with E-state index in [1.807, 2.05) is 0 Å². The lowest BCUT2D eigenvalue weighted by atomic mass is 9.81. The third-order valence-electron chi connectivity index (χ3n) is 3.93. The number of nitrogens with zero attached hydrogens (tertiary/aromatic N) is 2. The van der Waals surface area contributed by atoms with Crippen molar-refractivity contribution in [2.24, 2.45) is 5.41 Å². The van der Waals surface area contributed by atoms with Crippen LogP contribution in [0.3, 0.4) is 0 Å². The summed E-state index contributed by atoms with van der Waals surface area (Å²) in [5.41, 5.74) is -0.0561. The Bertz CT molecular complexity index is 228. The third kappa shape index (κ3) is 3.49. The lowest BCUT2D eigenvalue weighted by molar-refractivity contribution is 0.101. The molecule has 1 aliphatic heterocycles. The van der Waals surface area contributed by atoms with Gasteiger partial charge in [0.15, 0.2) is 0 Å². The van der Waals surface area contributed by atoms with Gasteiger partial charge in [0, 0.05) is 6.04 Å². The van der Waals surface area contributed by atoms with Crippen molar-refractivity contribution in [2.45, 2.75) is 65.3 Å². The van der Waals surface area contributed by atoms with Crippen molar-refractivity contribution in [3.05, 3.63) is 0 Å². The van der Waals surface area contributed by atoms with Crippen molar-refractivity contribution in [3.63, 3.8) is 0 Å². The summed E-state index contributed by atoms with van der Waals surface area (Å²) < 4.78 is 0. The Kier molecular flexibility index (Phi) is 5.28. The van der Waals surface area contributed by atoms with E-state index in [1.165, 1.54) is 25.7 Å². The van der Waals surface area contributed by atoms with E-state index in [-0.39, 0.29) is 5.41 Å². The Labute approximate surface area is 101 Å². The van der Waals surface area contributed by atoms with Gasteiger partial charge in [0.05, 0.1) is 11.5 Å². The highest BCUT2D eigenvalue weighted by Gasteiger charge is 2.31. The number of hydrogen-bond acceptors (Lipinski definition) is 2. The molecule has 92 valence electrons. The molecule has 0 aromatic carbocycles. The van der Waals surface area contributed by atoms with E-state index in [2.05, 4.69) is 31.7 Å². The van der Waals surface area contributed by atoms with Gasteiger partial charge in [-0.25, -0.2) is 0 Å². The molecule has 0 aromatic heterocycles. The Balaban J connectivity index is 2.47. The smallest absolute Gasteiger partial charge is 0.0687 e. The van der Waals surface area contributed by atoms with Crippen LogP contribution < -0.4 is 0 Å². The van der Waals surface area contributed by atoms with Crippen molar-refractivity contribution < 1.29 is 0 Å². The summed E-state index contributed by atoms with van der Waals surface area (Å²) in [6, 6.07) is 3.24. The molecule has 0 bridgehead atoms. The molecule has 1 aliphatic rings. The molecule has 2 nitrogen and oxygen atoms in total. The molecule has 1 rings (SSSR count). The number of rotatable bonds is 5. The Morgan fingerprint density at radius 1 is 1.19 bits per heavy atom. The fraction of sp³-hybridized carbons (Fsp3) is 0.929. The van der Waals surface area contributed by atoms with E-state index in [4.69, 9.17) is 5.26 Å². The molecule has 1 heterocycles. The van der Waals surface area contributed by atoms with Gasteiger partial charge in [0.25, 0.3) is 0 Å². The monoisotopic (exact) mass is 222 g/mol. The van der Waals surface area contributed by atoms with Crippen molar-refractivity contribution in [1.29, 1.82) is 5.26 Å². The molecule has 0 amide bonds. The van der Waals surface area contributed by atoms with Crippen LogP contribution in [0.5, 0.6) is 0 Å². The van der Waals surface area contributed by atoms with E-state index in [9.17, 15) is 0 Å². The zero-order chi connectivity index (χ0) is 12.0. The van der Waals surface area contributed by atoms with Crippen LogP contribution in [0.15, 0.2) is 0 Å². The SMILES string of the molecule is CCCC(CCC)N1CCC(C)(C#N)CC1. The Morgan fingerprint density at radius 2 is 1.69 bits per heavy atom. The molecule has 0 spiro atoms. The minimum atomic E-state index is -0.0561. The largest absolute Gasteiger partial charge is 0.300 e. The van der Waals surface area contributed by atoms with Gasteiger partial charge in [0.2, 0.25) is 0 Å². The second kappa shape index (κ2) is 6.25. The van der Waals surface area contributed by atoms with Crippen LogP contribution in [-0.4, -0.2) is 24.0 Å². The van der Waals surface area contributed by atoms with Crippen LogP contribution in [0.1, 0.15) is 59.3 Å². The van der Waals surface area contributed by atoms with Gasteiger partial charge >= 0.3 is 0 Å². The highest BCUT2D eigenvalue weighted by Crippen LogP contribution is 2.31. The van der Waals surface area contributed by atoms with Crippen LogP contribution in [0.4, 0.5) is 0 Å². The van der Waals surface area contributed by atoms with Crippen LogP contribution in [0.2, 0.25) is 0 Å². The topological polar surface area (TPSA) is 27.0 Å². The number of nitriles is 1. The zero-order valence-electron chi connectivity index (χ0n) is 11.1. The maximum atomic E-state index is 9.11. The Hall–Kier alpha value is -0.550. The molecule has 0 unspecified atom stereocenters. The highest BCUT2D eigenvalue weighted by atomic mass is 15.2. The lowest BCUT2D eigenvalue weighted by Gasteiger charge is -2.39. The first-order valence-electron chi connectivity index (χ1n) is 6.80. The highest BCUT2D eigenvalue weighted by molar-refractivity contribution is 4.99. The molecule has 0 saturated carbocycles. The molecular weight excluding hydrogens is 196 g/mol. The van der Waals surface area contributed by atoms with Gasteiger partial charge < -0.3 is 4.90 Å². The fourth-order valence-corrected chi connectivity index (χ4v) is 2.67. The van der Waals surface area contributed by atoms with Gasteiger partial charge in [-0.2, -0.15) is 5.26 Å². The predicted molar refractivity (Wildman–Crippen MR) is 68.1 cm³/mol. The van der Waals surface area contributed by atoms with E-state index in [0.29, 0.717) is 0 Å². The normalized spacial score (nSPS) is 20.9. The first kappa shape index (κ1) is 13.5. The second-order valence-corrected chi connectivity index (χ2v) is 5.44. The summed E-state index contributed by atoms with van der Waals surface area (Å²) in [6.07, 6.45) is 7.28. The minimum Gasteiger partial charge on any atom is -0.300 e. The number of likely N-dealkylation sites (tertiary alicyclic amines) is 1. The van der Waals surface area contributed by atoms with Crippen molar-refractivity contribution in [1.82, 2.24) is 4.90 Å². The van der Waals surface area contributed by atoms with Crippen molar-refractivity contribution in [2.75, 3.05) is 13.1 Å². The van der Waals surface area contributed by atoms with E-state index >= 15 is 0 Å². The maximum Gasteiger partial charge on any atom is 0.0687 e. The molecule has 0 N–H and O–H groups in total. The predicted octanol–water partition coefficient (Wildman–Crippen LogP) is 3.58. The zero-order valence-corrected chi connectivity index (χ0v) is 11.1. The summed E-state index contributed by atoms with van der Waals surface area (Å²) in [7, 11) is 0.